The maximum Gasteiger partial charge on any atom is 0.417 e. The number of alkyl halides is 3. The van der Waals surface area contributed by atoms with Crippen molar-refractivity contribution in [2.45, 2.75) is 25.4 Å². The van der Waals surface area contributed by atoms with E-state index in [1.165, 1.54) is 6.07 Å². The fourth-order valence-corrected chi connectivity index (χ4v) is 4.10. The zero-order valence-electron chi connectivity index (χ0n) is 14.7. The molecule has 0 bridgehead atoms. The van der Waals surface area contributed by atoms with E-state index in [-0.39, 0.29) is 5.02 Å². The highest BCUT2D eigenvalue weighted by atomic mass is 79.9. The quantitative estimate of drug-likeness (QED) is 0.450. The molecule has 0 saturated carbocycles. The lowest BCUT2D eigenvalue weighted by Crippen LogP contribution is -2.07. The molecule has 0 aliphatic carbocycles. The van der Waals surface area contributed by atoms with Gasteiger partial charge in [-0.2, -0.15) is 18.3 Å². The molecule has 28 heavy (non-hydrogen) atoms. The van der Waals surface area contributed by atoms with Crippen LogP contribution in [-0.2, 0) is 12.6 Å². The van der Waals surface area contributed by atoms with Crippen LogP contribution in [0.1, 0.15) is 24.0 Å². The van der Waals surface area contributed by atoms with Crippen molar-refractivity contribution in [1.29, 1.82) is 0 Å². The zero-order chi connectivity index (χ0) is 19.9. The largest absolute Gasteiger partial charge is 0.417 e. The topological polar surface area (TPSA) is 29.9 Å². The SMILES string of the molecule is FC(F)(F)c1cc(-c2nn(-c3ccccc3Br)c3c2CCCCN3)ccc1Cl. The molecule has 1 aromatic heterocycles. The highest BCUT2D eigenvalue weighted by Crippen LogP contribution is 2.40. The maximum atomic E-state index is 13.3. The summed E-state index contributed by atoms with van der Waals surface area (Å²) in [6, 6.07) is 11.6. The van der Waals surface area contributed by atoms with Crippen molar-refractivity contribution in [3.8, 4) is 16.9 Å². The van der Waals surface area contributed by atoms with Crippen LogP contribution in [0.25, 0.3) is 16.9 Å². The van der Waals surface area contributed by atoms with E-state index in [2.05, 4.69) is 21.2 Å². The molecule has 0 fully saturated rings. The van der Waals surface area contributed by atoms with Crippen molar-refractivity contribution in [2.75, 3.05) is 11.9 Å². The van der Waals surface area contributed by atoms with E-state index >= 15 is 0 Å². The molecule has 0 radical (unpaired) electrons. The van der Waals surface area contributed by atoms with Gasteiger partial charge in [0.25, 0.3) is 0 Å². The number of halogens is 5. The Kier molecular flexibility index (Phi) is 5.14. The molecule has 1 aliphatic rings. The Bertz CT molecular complexity index is 1030. The number of nitrogens with zero attached hydrogens (tertiary/aromatic N) is 2. The Morgan fingerprint density at radius 2 is 1.89 bits per heavy atom. The molecular weight excluding hydrogens is 455 g/mol. The molecule has 1 aliphatic heterocycles. The minimum absolute atomic E-state index is 0.314. The van der Waals surface area contributed by atoms with Gasteiger partial charge in [-0.3, -0.25) is 0 Å². The zero-order valence-corrected chi connectivity index (χ0v) is 17.0. The van der Waals surface area contributed by atoms with Crippen LogP contribution in [-0.4, -0.2) is 16.3 Å². The minimum atomic E-state index is -4.52. The fourth-order valence-electron chi connectivity index (χ4n) is 3.42. The third kappa shape index (κ3) is 3.53. The minimum Gasteiger partial charge on any atom is -0.370 e. The summed E-state index contributed by atoms with van der Waals surface area (Å²) in [5, 5.41) is 7.78. The number of para-hydroxylation sites is 1. The second kappa shape index (κ2) is 7.44. The lowest BCUT2D eigenvalue weighted by Gasteiger charge is -2.10. The van der Waals surface area contributed by atoms with Crippen LogP contribution in [0, 0.1) is 0 Å². The van der Waals surface area contributed by atoms with Gasteiger partial charge in [0.2, 0.25) is 0 Å². The van der Waals surface area contributed by atoms with Crippen LogP contribution in [0.2, 0.25) is 5.02 Å². The smallest absolute Gasteiger partial charge is 0.370 e. The van der Waals surface area contributed by atoms with E-state index < -0.39 is 11.7 Å². The molecule has 0 saturated heterocycles. The number of nitrogens with one attached hydrogen (secondary N) is 1. The van der Waals surface area contributed by atoms with Crippen molar-refractivity contribution in [3.05, 3.63) is 63.1 Å². The third-order valence-corrected chi connectivity index (χ3v) is 5.76. The molecule has 146 valence electrons. The van der Waals surface area contributed by atoms with Gasteiger partial charge in [0.05, 0.1) is 22.0 Å². The number of fused-ring (bicyclic) bond motifs is 1. The number of rotatable bonds is 2. The van der Waals surface area contributed by atoms with Gasteiger partial charge in [0.15, 0.2) is 0 Å². The van der Waals surface area contributed by atoms with Crippen molar-refractivity contribution >= 4 is 33.3 Å². The summed E-state index contributed by atoms with van der Waals surface area (Å²) in [7, 11) is 0. The Morgan fingerprint density at radius 1 is 1.11 bits per heavy atom. The number of hydrogen-bond acceptors (Lipinski definition) is 2. The summed E-state index contributed by atoms with van der Waals surface area (Å²) in [5.74, 6) is 0.822. The summed E-state index contributed by atoms with van der Waals surface area (Å²) in [5.41, 5.74) is 1.84. The standard InChI is InChI=1S/C20H16BrClF3N3/c21-15-6-1-2-7-17(15)28-19-13(5-3-4-10-26-19)18(27-28)12-8-9-16(22)14(11-12)20(23,24)25/h1-2,6-9,11,26H,3-5,10H2. The average Bonchev–Trinajstić information content (AvgIpc) is 2.83. The molecular formula is C20H16BrClF3N3. The van der Waals surface area contributed by atoms with Gasteiger partial charge in [-0.1, -0.05) is 29.8 Å². The molecule has 0 unspecified atom stereocenters. The van der Waals surface area contributed by atoms with E-state index in [4.69, 9.17) is 16.7 Å². The highest BCUT2D eigenvalue weighted by molar-refractivity contribution is 9.10. The highest BCUT2D eigenvalue weighted by Gasteiger charge is 2.34. The number of hydrogen-bond donors (Lipinski definition) is 1. The number of anilines is 1. The van der Waals surface area contributed by atoms with Gasteiger partial charge < -0.3 is 5.32 Å². The Labute approximate surface area is 173 Å². The van der Waals surface area contributed by atoms with Crippen LogP contribution in [0.3, 0.4) is 0 Å². The van der Waals surface area contributed by atoms with E-state index in [0.29, 0.717) is 11.3 Å². The first-order valence-corrected chi connectivity index (χ1v) is 10.0. The summed E-state index contributed by atoms with van der Waals surface area (Å²) >= 11 is 9.33. The molecule has 0 spiro atoms. The molecule has 4 rings (SSSR count). The van der Waals surface area contributed by atoms with Crippen LogP contribution in [0.5, 0.6) is 0 Å². The van der Waals surface area contributed by atoms with E-state index in [9.17, 15) is 13.2 Å². The Hall–Kier alpha value is -1.99. The summed E-state index contributed by atoms with van der Waals surface area (Å²) in [6.45, 7) is 0.789. The second-order valence-electron chi connectivity index (χ2n) is 6.62. The van der Waals surface area contributed by atoms with E-state index in [1.807, 2.05) is 24.3 Å². The Balaban J connectivity index is 1.93. The molecule has 1 N–H and O–H groups in total. The van der Waals surface area contributed by atoms with Crippen molar-refractivity contribution in [2.24, 2.45) is 0 Å². The molecule has 3 aromatic rings. The molecule has 8 heteroatoms. The number of benzene rings is 2. The van der Waals surface area contributed by atoms with E-state index in [1.54, 1.807) is 10.7 Å². The van der Waals surface area contributed by atoms with Crippen molar-refractivity contribution in [3.63, 3.8) is 0 Å². The summed E-state index contributed by atoms with van der Waals surface area (Å²) in [6.07, 6.45) is -1.85. The van der Waals surface area contributed by atoms with Gasteiger partial charge >= 0.3 is 6.18 Å². The lowest BCUT2D eigenvalue weighted by molar-refractivity contribution is -0.137. The molecule has 0 atom stereocenters. The van der Waals surface area contributed by atoms with Gasteiger partial charge in [0.1, 0.15) is 5.82 Å². The predicted octanol–water partition coefficient (Wildman–Crippen LogP) is 6.72. The van der Waals surface area contributed by atoms with Crippen LogP contribution in [0.4, 0.5) is 19.0 Å². The fraction of sp³-hybridized carbons (Fsp3) is 0.250. The van der Waals surface area contributed by atoms with Crippen LogP contribution < -0.4 is 5.32 Å². The average molecular weight is 471 g/mol. The van der Waals surface area contributed by atoms with Crippen LogP contribution in [0.15, 0.2) is 46.9 Å². The molecule has 2 heterocycles. The molecule has 3 nitrogen and oxygen atoms in total. The lowest BCUT2D eigenvalue weighted by atomic mass is 10.0. The van der Waals surface area contributed by atoms with Gasteiger partial charge in [-0.05, 0) is 59.5 Å². The van der Waals surface area contributed by atoms with Gasteiger partial charge in [-0.15, -0.1) is 0 Å². The summed E-state index contributed by atoms with van der Waals surface area (Å²) < 4.78 is 42.6. The normalized spacial score (nSPS) is 14.3. The molecule has 0 amide bonds. The van der Waals surface area contributed by atoms with Crippen LogP contribution >= 0.6 is 27.5 Å². The first-order chi connectivity index (χ1) is 13.4. The van der Waals surface area contributed by atoms with Gasteiger partial charge in [-0.25, -0.2) is 4.68 Å². The monoisotopic (exact) mass is 469 g/mol. The van der Waals surface area contributed by atoms with E-state index in [0.717, 1.165) is 53.4 Å². The van der Waals surface area contributed by atoms with Crippen molar-refractivity contribution < 1.29 is 13.2 Å². The van der Waals surface area contributed by atoms with Crippen molar-refractivity contribution in [1.82, 2.24) is 9.78 Å². The Morgan fingerprint density at radius 3 is 2.64 bits per heavy atom. The predicted molar refractivity (Wildman–Crippen MR) is 108 cm³/mol. The second-order valence-corrected chi connectivity index (χ2v) is 7.88. The first-order valence-electron chi connectivity index (χ1n) is 8.84. The summed E-state index contributed by atoms with van der Waals surface area (Å²) in [4.78, 5) is 0. The third-order valence-electron chi connectivity index (χ3n) is 4.76. The number of aromatic nitrogens is 2. The first kappa shape index (κ1) is 19.3. The molecule has 2 aromatic carbocycles. The van der Waals surface area contributed by atoms with Gasteiger partial charge in [0, 0.05) is 22.1 Å². The maximum absolute atomic E-state index is 13.3.